The normalized spacial score (nSPS) is 15.5. The fourth-order valence-electron chi connectivity index (χ4n) is 1.93. The molecule has 1 aromatic heterocycles. The van der Waals surface area contributed by atoms with Gasteiger partial charge in [-0.25, -0.2) is 9.97 Å². The third-order valence-corrected chi connectivity index (χ3v) is 2.95. The van der Waals surface area contributed by atoms with Crippen LogP contribution in [0, 0.1) is 0 Å². The van der Waals surface area contributed by atoms with Gasteiger partial charge in [0.05, 0.1) is 0 Å². The van der Waals surface area contributed by atoms with E-state index >= 15 is 0 Å². The van der Waals surface area contributed by atoms with Crippen LogP contribution in [0.15, 0.2) is 6.07 Å². The zero-order valence-corrected chi connectivity index (χ0v) is 10.3. The number of anilines is 2. The van der Waals surface area contributed by atoms with E-state index in [2.05, 4.69) is 35.6 Å². The minimum atomic E-state index is 0.436. The zero-order valence-electron chi connectivity index (χ0n) is 10.3. The standard InChI is InChI=1S/C12H20N4/c1-4-16(8(2)3)11-7-10(13)14-12(15-11)9-5-6-9/h7-9H,4-6H2,1-3H3,(H2,13,14,15). The molecule has 0 radical (unpaired) electrons. The van der Waals surface area contributed by atoms with Crippen molar-refractivity contribution < 1.29 is 0 Å². The van der Waals surface area contributed by atoms with Crippen molar-refractivity contribution in [3.05, 3.63) is 11.9 Å². The highest BCUT2D eigenvalue weighted by Crippen LogP contribution is 2.38. The number of nitrogens with zero attached hydrogens (tertiary/aromatic N) is 3. The topological polar surface area (TPSA) is 55.0 Å². The second-order valence-corrected chi connectivity index (χ2v) is 4.66. The van der Waals surface area contributed by atoms with Crippen molar-refractivity contribution in [3.63, 3.8) is 0 Å². The van der Waals surface area contributed by atoms with Gasteiger partial charge in [0.2, 0.25) is 0 Å². The van der Waals surface area contributed by atoms with Crippen molar-refractivity contribution in [1.29, 1.82) is 0 Å². The first kappa shape index (κ1) is 11.2. The summed E-state index contributed by atoms with van der Waals surface area (Å²) in [6.45, 7) is 7.41. The lowest BCUT2D eigenvalue weighted by Crippen LogP contribution is -2.31. The number of nitrogen functional groups attached to an aromatic ring is 1. The number of hydrogen-bond donors (Lipinski definition) is 1. The lowest BCUT2D eigenvalue weighted by molar-refractivity contribution is 0.688. The molecule has 4 nitrogen and oxygen atoms in total. The summed E-state index contributed by atoms with van der Waals surface area (Å²) in [6, 6.07) is 2.31. The van der Waals surface area contributed by atoms with Crippen molar-refractivity contribution in [2.24, 2.45) is 0 Å². The average Bonchev–Trinajstić information content (AvgIpc) is 3.00. The van der Waals surface area contributed by atoms with E-state index in [4.69, 9.17) is 5.73 Å². The molecule has 1 heterocycles. The molecule has 0 atom stereocenters. The molecular weight excluding hydrogens is 200 g/mol. The van der Waals surface area contributed by atoms with E-state index < -0.39 is 0 Å². The van der Waals surface area contributed by atoms with Crippen LogP contribution in [-0.4, -0.2) is 22.6 Å². The minimum absolute atomic E-state index is 0.436. The summed E-state index contributed by atoms with van der Waals surface area (Å²) in [7, 11) is 0. The first-order chi connectivity index (χ1) is 7.61. The summed E-state index contributed by atoms with van der Waals surface area (Å²) in [6.07, 6.45) is 2.41. The van der Waals surface area contributed by atoms with Crippen LogP contribution < -0.4 is 10.6 Å². The number of nitrogens with two attached hydrogens (primary N) is 1. The van der Waals surface area contributed by atoms with Crippen molar-refractivity contribution >= 4 is 11.6 Å². The molecule has 0 spiro atoms. The summed E-state index contributed by atoms with van der Waals surface area (Å²) in [5, 5.41) is 0. The van der Waals surface area contributed by atoms with Gasteiger partial charge in [0.25, 0.3) is 0 Å². The lowest BCUT2D eigenvalue weighted by atomic mass is 10.3. The molecule has 2 rings (SSSR count). The second kappa shape index (κ2) is 4.28. The van der Waals surface area contributed by atoms with Crippen LogP contribution in [0.25, 0.3) is 0 Å². The molecule has 0 aromatic carbocycles. The molecule has 0 unspecified atom stereocenters. The molecule has 1 aromatic rings. The lowest BCUT2D eigenvalue weighted by Gasteiger charge is -2.26. The zero-order chi connectivity index (χ0) is 11.7. The average molecular weight is 220 g/mol. The van der Waals surface area contributed by atoms with Gasteiger partial charge in [-0.3, -0.25) is 0 Å². The maximum absolute atomic E-state index is 5.84. The number of hydrogen-bond acceptors (Lipinski definition) is 4. The van der Waals surface area contributed by atoms with E-state index in [1.807, 2.05) is 6.07 Å². The van der Waals surface area contributed by atoms with Gasteiger partial charge in [-0.1, -0.05) is 0 Å². The first-order valence-corrected chi connectivity index (χ1v) is 6.03. The Morgan fingerprint density at radius 1 is 1.44 bits per heavy atom. The molecule has 16 heavy (non-hydrogen) atoms. The highest BCUT2D eigenvalue weighted by molar-refractivity contribution is 5.48. The fraction of sp³-hybridized carbons (Fsp3) is 0.667. The highest BCUT2D eigenvalue weighted by atomic mass is 15.2. The Morgan fingerprint density at radius 2 is 2.12 bits per heavy atom. The van der Waals surface area contributed by atoms with Crippen molar-refractivity contribution in [2.75, 3.05) is 17.2 Å². The molecule has 1 aliphatic rings. The molecule has 1 fully saturated rings. The van der Waals surface area contributed by atoms with Gasteiger partial charge in [-0.2, -0.15) is 0 Å². The van der Waals surface area contributed by atoms with Crippen LogP contribution in [0.3, 0.4) is 0 Å². The Labute approximate surface area is 96.9 Å². The highest BCUT2D eigenvalue weighted by Gasteiger charge is 2.27. The molecule has 0 bridgehead atoms. The molecule has 2 N–H and O–H groups in total. The number of aromatic nitrogens is 2. The molecular formula is C12H20N4. The molecule has 1 saturated carbocycles. The maximum atomic E-state index is 5.84. The van der Waals surface area contributed by atoms with Gasteiger partial charge in [0.1, 0.15) is 17.5 Å². The fourth-order valence-corrected chi connectivity index (χ4v) is 1.93. The SMILES string of the molecule is CCN(c1cc(N)nc(C2CC2)n1)C(C)C. The van der Waals surface area contributed by atoms with Crippen molar-refractivity contribution in [3.8, 4) is 0 Å². The van der Waals surface area contributed by atoms with E-state index in [0.717, 1.165) is 18.2 Å². The van der Waals surface area contributed by atoms with E-state index in [1.165, 1.54) is 12.8 Å². The predicted octanol–water partition coefficient (Wildman–Crippen LogP) is 2.17. The van der Waals surface area contributed by atoms with E-state index in [-0.39, 0.29) is 0 Å². The van der Waals surface area contributed by atoms with Crippen molar-refractivity contribution in [1.82, 2.24) is 9.97 Å². The van der Waals surface area contributed by atoms with Crippen LogP contribution in [-0.2, 0) is 0 Å². The molecule has 88 valence electrons. The Morgan fingerprint density at radius 3 is 2.62 bits per heavy atom. The van der Waals surface area contributed by atoms with Gasteiger partial charge >= 0.3 is 0 Å². The van der Waals surface area contributed by atoms with Gasteiger partial charge < -0.3 is 10.6 Å². The first-order valence-electron chi connectivity index (χ1n) is 6.03. The van der Waals surface area contributed by atoms with Crippen LogP contribution in [0.5, 0.6) is 0 Å². The largest absolute Gasteiger partial charge is 0.384 e. The summed E-state index contributed by atoms with van der Waals surface area (Å²) in [5.41, 5.74) is 5.84. The monoisotopic (exact) mass is 220 g/mol. The van der Waals surface area contributed by atoms with Crippen molar-refractivity contribution in [2.45, 2.75) is 45.6 Å². The van der Waals surface area contributed by atoms with Crippen LogP contribution in [0.2, 0.25) is 0 Å². The molecule has 1 aliphatic carbocycles. The number of rotatable bonds is 4. The van der Waals surface area contributed by atoms with Crippen LogP contribution in [0.1, 0.15) is 45.4 Å². The van der Waals surface area contributed by atoms with Crippen LogP contribution >= 0.6 is 0 Å². The minimum Gasteiger partial charge on any atom is -0.384 e. The molecule has 0 amide bonds. The Hall–Kier alpha value is -1.32. The van der Waals surface area contributed by atoms with Gasteiger partial charge in [-0.15, -0.1) is 0 Å². The summed E-state index contributed by atoms with van der Waals surface area (Å²) in [4.78, 5) is 11.2. The van der Waals surface area contributed by atoms with Gasteiger partial charge in [0.15, 0.2) is 0 Å². The second-order valence-electron chi connectivity index (χ2n) is 4.66. The van der Waals surface area contributed by atoms with E-state index in [0.29, 0.717) is 17.8 Å². The van der Waals surface area contributed by atoms with E-state index in [1.54, 1.807) is 0 Å². The third kappa shape index (κ3) is 2.26. The molecule has 0 saturated heterocycles. The van der Waals surface area contributed by atoms with E-state index in [9.17, 15) is 0 Å². The Balaban J connectivity index is 2.31. The predicted molar refractivity (Wildman–Crippen MR) is 66.6 cm³/mol. The smallest absolute Gasteiger partial charge is 0.136 e. The van der Waals surface area contributed by atoms with Gasteiger partial charge in [-0.05, 0) is 33.6 Å². The third-order valence-electron chi connectivity index (χ3n) is 2.95. The Bertz CT molecular complexity index is 371. The van der Waals surface area contributed by atoms with Crippen LogP contribution in [0.4, 0.5) is 11.6 Å². The van der Waals surface area contributed by atoms with Gasteiger partial charge in [0, 0.05) is 24.6 Å². The summed E-state index contributed by atoms with van der Waals surface area (Å²) < 4.78 is 0. The quantitative estimate of drug-likeness (QED) is 0.845. The molecule has 4 heteroatoms. The summed E-state index contributed by atoms with van der Waals surface area (Å²) in [5.74, 6) is 3.03. The summed E-state index contributed by atoms with van der Waals surface area (Å²) >= 11 is 0. The Kier molecular flexibility index (Phi) is 2.99. The molecule has 0 aliphatic heterocycles. The maximum Gasteiger partial charge on any atom is 0.136 e.